The largest absolute Gasteiger partial charge is 0.324 e. The number of nitrogens with zero attached hydrogens (tertiary/aromatic N) is 2. The van der Waals surface area contributed by atoms with Crippen molar-refractivity contribution in [2.75, 3.05) is 11.9 Å². The summed E-state index contributed by atoms with van der Waals surface area (Å²) in [6, 6.07) is 9.85. The molecule has 0 radical (unpaired) electrons. The summed E-state index contributed by atoms with van der Waals surface area (Å²) in [5.41, 5.74) is -0.740. The first-order chi connectivity index (χ1) is 13.3. The van der Waals surface area contributed by atoms with Crippen LogP contribution in [-0.2, 0) is 14.8 Å². The van der Waals surface area contributed by atoms with Gasteiger partial charge in [0.25, 0.3) is 0 Å². The van der Waals surface area contributed by atoms with Gasteiger partial charge >= 0.3 is 5.69 Å². The second-order valence-corrected chi connectivity index (χ2v) is 8.24. The van der Waals surface area contributed by atoms with Crippen molar-refractivity contribution in [1.29, 1.82) is 0 Å². The molecule has 2 aromatic rings. The zero-order chi connectivity index (χ0) is 20.3. The molecule has 28 heavy (non-hydrogen) atoms. The lowest BCUT2D eigenvalue weighted by Gasteiger charge is -2.33. The summed E-state index contributed by atoms with van der Waals surface area (Å²) in [5, 5.41) is 13.3. The summed E-state index contributed by atoms with van der Waals surface area (Å²) in [6.07, 6.45) is 1.61. The standard InChI is InChI=1S/C18H18FN3O5S/c19-15-10-9-13(12-17(15)22(24)25)20-18(23)16-8-4-5-11-21(16)28(26,27)14-6-2-1-3-7-14/h1-3,6-7,9-10,12,16H,4-5,8,11H2,(H,20,23). The van der Waals surface area contributed by atoms with Gasteiger partial charge in [0.2, 0.25) is 21.7 Å². The molecule has 0 aliphatic carbocycles. The number of nitro groups is 1. The van der Waals surface area contributed by atoms with Crippen LogP contribution in [0.25, 0.3) is 0 Å². The van der Waals surface area contributed by atoms with Crippen LogP contribution in [0, 0.1) is 15.9 Å². The van der Waals surface area contributed by atoms with Gasteiger partial charge in [-0.3, -0.25) is 14.9 Å². The molecule has 0 saturated carbocycles. The fourth-order valence-electron chi connectivity index (χ4n) is 3.14. The molecule has 1 amide bonds. The molecule has 1 heterocycles. The van der Waals surface area contributed by atoms with E-state index in [1.807, 2.05) is 0 Å². The van der Waals surface area contributed by atoms with Crippen molar-refractivity contribution in [3.8, 4) is 0 Å². The minimum atomic E-state index is -3.87. The van der Waals surface area contributed by atoms with Gasteiger partial charge in [0.1, 0.15) is 6.04 Å². The van der Waals surface area contributed by atoms with E-state index < -0.39 is 38.4 Å². The van der Waals surface area contributed by atoms with E-state index in [2.05, 4.69) is 5.32 Å². The second-order valence-electron chi connectivity index (χ2n) is 6.35. The molecule has 1 aliphatic heterocycles. The molecule has 0 bridgehead atoms. The van der Waals surface area contributed by atoms with Crippen LogP contribution in [0.4, 0.5) is 15.8 Å². The van der Waals surface area contributed by atoms with Gasteiger partial charge in [-0.15, -0.1) is 0 Å². The van der Waals surface area contributed by atoms with E-state index >= 15 is 0 Å². The molecule has 1 unspecified atom stereocenters. The molecule has 148 valence electrons. The number of carbonyl (C=O) groups excluding carboxylic acids is 1. The molecular formula is C18H18FN3O5S. The highest BCUT2D eigenvalue weighted by atomic mass is 32.2. The maximum atomic E-state index is 13.5. The highest BCUT2D eigenvalue weighted by Crippen LogP contribution is 2.27. The van der Waals surface area contributed by atoms with Crippen molar-refractivity contribution < 1.29 is 22.5 Å². The van der Waals surface area contributed by atoms with Crippen LogP contribution >= 0.6 is 0 Å². The smallest absolute Gasteiger partial charge is 0.306 e. The normalized spacial score (nSPS) is 17.8. The number of sulfonamides is 1. The molecule has 1 atom stereocenters. The molecule has 1 aliphatic rings. The van der Waals surface area contributed by atoms with Crippen LogP contribution in [0.5, 0.6) is 0 Å². The van der Waals surface area contributed by atoms with E-state index in [0.29, 0.717) is 19.3 Å². The SMILES string of the molecule is O=C(Nc1ccc(F)c([N+](=O)[O-])c1)C1CCCCN1S(=O)(=O)c1ccccc1. The predicted octanol–water partition coefficient (Wildman–Crippen LogP) is 2.92. The molecule has 1 fully saturated rings. The lowest BCUT2D eigenvalue weighted by Crippen LogP contribution is -2.49. The fraction of sp³-hybridized carbons (Fsp3) is 0.278. The zero-order valence-electron chi connectivity index (χ0n) is 14.7. The minimum absolute atomic E-state index is 0.0285. The number of halogens is 1. The maximum Gasteiger partial charge on any atom is 0.306 e. The van der Waals surface area contributed by atoms with Gasteiger partial charge in [-0.25, -0.2) is 8.42 Å². The molecule has 3 rings (SSSR count). The Morgan fingerprint density at radius 1 is 1.18 bits per heavy atom. The second kappa shape index (κ2) is 8.03. The maximum absolute atomic E-state index is 13.5. The zero-order valence-corrected chi connectivity index (χ0v) is 15.6. The first-order valence-corrected chi connectivity index (χ1v) is 10.1. The Morgan fingerprint density at radius 3 is 2.57 bits per heavy atom. The van der Waals surface area contributed by atoms with Crippen molar-refractivity contribution in [2.24, 2.45) is 0 Å². The minimum Gasteiger partial charge on any atom is -0.324 e. The van der Waals surface area contributed by atoms with Crippen molar-refractivity contribution in [2.45, 2.75) is 30.2 Å². The molecule has 10 heteroatoms. The Balaban J connectivity index is 1.85. The third-order valence-corrected chi connectivity index (χ3v) is 6.44. The van der Waals surface area contributed by atoms with Crippen LogP contribution in [0.15, 0.2) is 53.4 Å². The summed E-state index contributed by atoms with van der Waals surface area (Å²) in [7, 11) is -3.87. The van der Waals surface area contributed by atoms with E-state index in [1.54, 1.807) is 18.2 Å². The van der Waals surface area contributed by atoms with Crippen LogP contribution in [0.1, 0.15) is 19.3 Å². The molecule has 0 spiro atoms. The van der Waals surface area contributed by atoms with Gasteiger partial charge in [-0.2, -0.15) is 8.70 Å². The number of hydrogen-bond acceptors (Lipinski definition) is 5. The molecule has 8 nitrogen and oxygen atoms in total. The summed E-state index contributed by atoms with van der Waals surface area (Å²) >= 11 is 0. The first-order valence-electron chi connectivity index (χ1n) is 8.62. The Hall–Kier alpha value is -2.85. The van der Waals surface area contributed by atoms with Crippen molar-refractivity contribution in [3.63, 3.8) is 0 Å². The Kier molecular flexibility index (Phi) is 5.71. The van der Waals surface area contributed by atoms with Gasteiger partial charge in [-0.1, -0.05) is 24.6 Å². The van der Waals surface area contributed by atoms with Gasteiger partial charge in [-0.05, 0) is 37.1 Å². The van der Waals surface area contributed by atoms with Gasteiger partial charge < -0.3 is 5.32 Å². The number of piperidine rings is 1. The van der Waals surface area contributed by atoms with Crippen molar-refractivity contribution >= 4 is 27.3 Å². The van der Waals surface area contributed by atoms with Crippen LogP contribution < -0.4 is 5.32 Å². The van der Waals surface area contributed by atoms with Crippen molar-refractivity contribution in [3.05, 3.63) is 64.5 Å². The number of nitro benzene ring substituents is 1. The summed E-state index contributed by atoms with van der Waals surface area (Å²) in [4.78, 5) is 22.8. The summed E-state index contributed by atoms with van der Waals surface area (Å²) in [6.45, 7) is 0.193. The summed E-state index contributed by atoms with van der Waals surface area (Å²) in [5.74, 6) is -1.63. The third kappa shape index (κ3) is 4.02. The monoisotopic (exact) mass is 407 g/mol. The Bertz CT molecular complexity index is 998. The van der Waals surface area contributed by atoms with Gasteiger partial charge in [0, 0.05) is 18.3 Å². The number of hydrogen-bond donors (Lipinski definition) is 1. The average molecular weight is 407 g/mol. The third-order valence-electron chi connectivity index (χ3n) is 4.52. The fourth-order valence-corrected chi connectivity index (χ4v) is 4.82. The first kappa shape index (κ1) is 19.9. The van der Waals surface area contributed by atoms with E-state index in [4.69, 9.17) is 0 Å². The molecule has 1 N–H and O–H groups in total. The molecular weight excluding hydrogens is 389 g/mol. The van der Waals surface area contributed by atoms with Crippen molar-refractivity contribution in [1.82, 2.24) is 4.31 Å². The number of carbonyl (C=O) groups is 1. The average Bonchev–Trinajstić information content (AvgIpc) is 2.70. The Morgan fingerprint density at radius 2 is 1.89 bits per heavy atom. The van der Waals surface area contributed by atoms with E-state index in [9.17, 15) is 27.7 Å². The molecule has 2 aromatic carbocycles. The quantitative estimate of drug-likeness (QED) is 0.605. The summed E-state index contributed by atoms with van der Waals surface area (Å²) < 4.78 is 40.5. The topological polar surface area (TPSA) is 110 Å². The lowest BCUT2D eigenvalue weighted by molar-refractivity contribution is -0.387. The van der Waals surface area contributed by atoms with Crippen LogP contribution in [-0.4, -0.2) is 36.1 Å². The van der Waals surface area contributed by atoms with Crippen LogP contribution in [0.3, 0.4) is 0 Å². The number of nitrogens with one attached hydrogen (secondary N) is 1. The lowest BCUT2D eigenvalue weighted by atomic mass is 10.0. The number of amides is 1. The Labute approximate surface area is 161 Å². The van der Waals surface area contributed by atoms with Gasteiger partial charge in [0.05, 0.1) is 9.82 Å². The number of rotatable bonds is 5. The molecule has 1 saturated heterocycles. The number of anilines is 1. The van der Waals surface area contributed by atoms with Gasteiger partial charge in [0.15, 0.2) is 0 Å². The highest BCUT2D eigenvalue weighted by molar-refractivity contribution is 7.89. The van der Waals surface area contributed by atoms with E-state index in [-0.39, 0.29) is 17.1 Å². The predicted molar refractivity (Wildman–Crippen MR) is 99.7 cm³/mol. The van der Waals surface area contributed by atoms with Crippen LogP contribution in [0.2, 0.25) is 0 Å². The number of benzene rings is 2. The highest BCUT2D eigenvalue weighted by Gasteiger charge is 2.37. The van der Waals surface area contributed by atoms with E-state index in [1.165, 1.54) is 18.2 Å². The van der Waals surface area contributed by atoms with E-state index in [0.717, 1.165) is 16.4 Å². The molecule has 0 aromatic heterocycles.